The van der Waals surface area contributed by atoms with Gasteiger partial charge in [-0.25, -0.2) is 9.67 Å². The number of pyridine rings is 1. The second kappa shape index (κ2) is 7.84. The first-order chi connectivity index (χ1) is 15.7. The molecule has 4 aromatic rings. The van der Waals surface area contributed by atoms with Crippen molar-refractivity contribution in [1.82, 2.24) is 29.6 Å². The van der Waals surface area contributed by atoms with E-state index in [4.69, 9.17) is 10.1 Å². The van der Waals surface area contributed by atoms with Crippen LogP contribution in [0.4, 0.5) is 0 Å². The number of nitrogens with zero attached hydrogens (tertiary/aromatic N) is 5. The first-order valence-electron chi connectivity index (χ1n) is 11.1. The summed E-state index contributed by atoms with van der Waals surface area (Å²) in [6, 6.07) is 14.1. The van der Waals surface area contributed by atoms with E-state index in [1.165, 1.54) is 0 Å². The second-order valence-corrected chi connectivity index (χ2v) is 8.63. The van der Waals surface area contributed by atoms with Gasteiger partial charge in [-0.2, -0.15) is 5.10 Å². The summed E-state index contributed by atoms with van der Waals surface area (Å²) in [7, 11) is 0. The van der Waals surface area contributed by atoms with Crippen LogP contribution in [0.3, 0.4) is 0 Å². The van der Waals surface area contributed by atoms with Gasteiger partial charge in [-0.1, -0.05) is 18.2 Å². The van der Waals surface area contributed by atoms with Crippen molar-refractivity contribution in [2.75, 3.05) is 6.54 Å². The Kier molecular flexibility index (Phi) is 4.69. The van der Waals surface area contributed by atoms with Gasteiger partial charge in [0.1, 0.15) is 5.82 Å². The zero-order valence-corrected chi connectivity index (χ0v) is 17.7. The van der Waals surface area contributed by atoms with Gasteiger partial charge in [-0.3, -0.25) is 14.7 Å². The Morgan fingerprint density at radius 1 is 1.06 bits per heavy atom. The van der Waals surface area contributed by atoms with E-state index in [2.05, 4.69) is 21.1 Å². The van der Waals surface area contributed by atoms with E-state index in [9.17, 15) is 4.79 Å². The Balaban J connectivity index is 1.32. The summed E-state index contributed by atoms with van der Waals surface area (Å²) in [5, 5.41) is 4.90. The molecule has 0 saturated heterocycles. The Labute approximate surface area is 185 Å². The number of hydrogen-bond donors (Lipinski definition) is 1. The van der Waals surface area contributed by atoms with Crippen LogP contribution >= 0.6 is 0 Å². The highest BCUT2D eigenvalue weighted by Gasteiger charge is 2.29. The maximum Gasteiger partial charge on any atom is 0.255 e. The normalized spacial score (nSPS) is 16.1. The van der Waals surface area contributed by atoms with Gasteiger partial charge >= 0.3 is 0 Å². The quantitative estimate of drug-likeness (QED) is 0.531. The van der Waals surface area contributed by atoms with E-state index >= 15 is 0 Å². The number of nitrogens with one attached hydrogen (secondary N) is 1. The average molecular weight is 425 g/mol. The number of H-pyrrole nitrogens is 1. The molecule has 1 aliphatic carbocycles. The second-order valence-electron chi connectivity index (χ2n) is 8.63. The highest BCUT2D eigenvalue weighted by molar-refractivity contribution is 5.62. The molecule has 4 heterocycles. The molecule has 32 heavy (non-hydrogen) atoms. The molecule has 7 heteroatoms. The van der Waals surface area contributed by atoms with E-state index in [0.717, 1.165) is 65.4 Å². The van der Waals surface area contributed by atoms with E-state index in [0.29, 0.717) is 19.0 Å². The lowest BCUT2D eigenvalue weighted by atomic mass is 10.0. The number of fused-ring (bicyclic) bond motifs is 1. The predicted molar refractivity (Wildman–Crippen MR) is 121 cm³/mol. The Morgan fingerprint density at radius 2 is 1.88 bits per heavy atom. The van der Waals surface area contributed by atoms with Crippen LogP contribution in [0.5, 0.6) is 0 Å². The fourth-order valence-electron chi connectivity index (χ4n) is 4.42. The minimum Gasteiger partial charge on any atom is -0.310 e. The molecule has 6 rings (SSSR count). The minimum atomic E-state index is 0.0240. The molecule has 0 amide bonds. The SMILES string of the molecule is O=c1[nH]c(C2CC2)nc2c1CN(Cc1cn(-c3ccccc3)nc1-c1ccncc1)CC2. The summed E-state index contributed by atoms with van der Waals surface area (Å²) in [5.41, 5.74) is 5.93. The predicted octanol–water partition coefficient (Wildman–Crippen LogP) is 3.45. The largest absolute Gasteiger partial charge is 0.310 e. The van der Waals surface area contributed by atoms with Crippen LogP contribution in [-0.2, 0) is 19.5 Å². The van der Waals surface area contributed by atoms with Crippen molar-refractivity contribution >= 4 is 0 Å². The highest BCUT2D eigenvalue weighted by Crippen LogP contribution is 2.38. The third-order valence-corrected chi connectivity index (χ3v) is 6.29. The molecule has 1 aromatic carbocycles. The third kappa shape index (κ3) is 3.65. The van der Waals surface area contributed by atoms with Gasteiger partial charge in [-0.05, 0) is 37.1 Å². The standard InChI is InChI=1S/C25H24N6O/c32-25-21-16-30(13-10-22(21)27-24(28-25)18-6-7-18)14-19-15-31(20-4-2-1-3-5-20)29-23(19)17-8-11-26-12-9-17/h1-5,8-9,11-12,15,18H,6-7,10,13-14,16H2,(H,27,28,32). The molecule has 1 saturated carbocycles. The van der Waals surface area contributed by atoms with E-state index in [-0.39, 0.29) is 5.56 Å². The van der Waals surface area contributed by atoms with Crippen LogP contribution in [0.2, 0.25) is 0 Å². The Hall–Kier alpha value is -3.58. The van der Waals surface area contributed by atoms with Gasteiger partial charge in [0.25, 0.3) is 5.56 Å². The van der Waals surface area contributed by atoms with Crippen LogP contribution in [0.1, 0.15) is 41.4 Å². The molecule has 1 aliphatic heterocycles. The summed E-state index contributed by atoms with van der Waals surface area (Å²) < 4.78 is 1.93. The van der Waals surface area contributed by atoms with Crippen molar-refractivity contribution in [2.45, 2.75) is 38.3 Å². The first kappa shape index (κ1) is 19.1. The fraction of sp³-hybridized carbons (Fsp3) is 0.280. The molecule has 0 unspecified atom stereocenters. The van der Waals surface area contributed by atoms with Crippen molar-refractivity contribution < 1.29 is 0 Å². The van der Waals surface area contributed by atoms with Gasteiger partial charge in [-0.15, -0.1) is 0 Å². The Bertz CT molecular complexity index is 1310. The van der Waals surface area contributed by atoms with Crippen molar-refractivity contribution in [3.63, 3.8) is 0 Å². The lowest BCUT2D eigenvalue weighted by Crippen LogP contribution is -2.35. The van der Waals surface area contributed by atoms with E-state index < -0.39 is 0 Å². The van der Waals surface area contributed by atoms with Gasteiger partial charge in [0.2, 0.25) is 0 Å². The van der Waals surface area contributed by atoms with Crippen LogP contribution in [0.25, 0.3) is 16.9 Å². The molecule has 7 nitrogen and oxygen atoms in total. The zero-order chi connectivity index (χ0) is 21.5. The third-order valence-electron chi connectivity index (χ3n) is 6.29. The Morgan fingerprint density at radius 3 is 2.66 bits per heavy atom. The van der Waals surface area contributed by atoms with E-state index in [1.807, 2.05) is 47.1 Å². The van der Waals surface area contributed by atoms with Gasteiger partial charge in [0, 0.05) is 61.7 Å². The van der Waals surface area contributed by atoms with Crippen LogP contribution in [0.15, 0.2) is 65.8 Å². The summed E-state index contributed by atoms with van der Waals surface area (Å²) in [6.45, 7) is 2.20. The van der Waals surface area contributed by atoms with Crippen LogP contribution < -0.4 is 5.56 Å². The number of aromatic nitrogens is 5. The van der Waals surface area contributed by atoms with E-state index in [1.54, 1.807) is 12.4 Å². The molecule has 0 bridgehead atoms. The molecule has 2 aliphatic rings. The average Bonchev–Trinajstić information content (AvgIpc) is 3.61. The molecular weight excluding hydrogens is 400 g/mol. The smallest absolute Gasteiger partial charge is 0.255 e. The molecule has 3 aromatic heterocycles. The first-order valence-corrected chi connectivity index (χ1v) is 11.1. The maximum atomic E-state index is 12.7. The van der Waals surface area contributed by atoms with Gasteiger partial charge < -0.3 is 4.98 Å². The van der Waals surface area contributed by atoms with Crippen molar-refractivity contribution in [3.05, 3.63) is 94.1 Å². The van der Waals surface area contributed by atoms with Gasteiger partial charge in [0.05, 0.1) is 22.6 Å². The molecule has 0 radical (unpaired) electrons. The van der Waals surface area contributed by atoms with Crippen LogP contribution in [-0.4, -0.2) is 36.2 Å². The number of benzene rings is 1. The molecule has 1 N–H and O–H groups in total. The summed E-state index contributed by atoms with van der Waals surface area (Å²) >= 11 is 0. The van der Waals surface area contributed by atoms with Gasteiger partial charge in [0.15, 0.2) is 0 Å². The minimum absolute atomic E-state index is 0.0240. The van der Waals surface area contributed by atoms with Crippen LogP contribution in [0, 0.1) is 0 Å². The molecule has 1 fully saturated rings. The number of hydrogen-bond acceptors (Lipinski definition) is 5. The lowest BCUT2D eigenvalue weighted by Gasteiger charge is -2.27. The zero-order valence-electron chi connectivity index (χ0n) is 17.7. The van der Waals surface area contributed by atoms with Crippen molar-refractivity contribution in [1.29, 1.82) is 0 Å². The molecular formula is C25H24N6O. The maximum absolute atomic E-state index is 12.7. The fourth-order valence-corrected chi connectivity index (χ4v) is 4.42. The monoisotopic (exact) mass is 424 g/mol. The summed E-state index contributed by atoms with van der Waals surface area (Å²) in [6.07, 6.45) is 8.75. The number of para-hydroxylation sites is 1. The summed E-state index contributed by atoms with van der Waals surface area (Å²) in [5.74, 6) is 1.34. The topological polar surface area (TPSA) is 79.7 Å². The van der Waals surface area contributed by atoms with Crippen molar-refractivity contribution in [3.8, 4) is 16.9 Å². The number of aromatic amines is 1. The molecule has 0 spiro atoms. The molecule has 0 atom stereocenters. The van der Waals surface area contributed by atoms with Crippen molar-refractivity contribution in [2.24, 2.45) is 0 Å². The molecule has 160 valence electrons. The highest BCUT2D eigenvalue weighted by atomic mass is 16.1. The number of rotatable bonds is 5. The summed E-state index contributed by atoms with van der Waals surface area (Å²) in [4.78, 5) is 27.0. The lowest BCUT2D eigenvalue weighted by molar-refractivity contribution is 0.241.